The van der Waals surface area contributed by atoms with E-state index in [1.54, 1.807) is 0 Å². The second-order valence-corrected chi connectivity index (χ2v) is 14.8. The molecule has 5 rings (SSSR count). The topological polar surface area (TPSA) is 297 Å². The predicted octanol–water partition coefficient (Wildman–Crippen LogP) is 5.26. The van der Waals surface area contributed by atoms with Gasteiger partial charge in [0.15, 0.2) is 0 Å². The van der Waals surface area contributed by atoms with Crippen LogP contribution in [-0.4, -0.2) is 67.0 Å². The van der Waals surface area contributed by atoms with Crippen LogP contribution in [0.1, 0.15) is 51.8 Å². The second-order valence-electron chi connectivity index (χ2n) is 11.1. The molecule has 284 valence electrons. The van der Waals surface area contributed by atoms with Crippen molar-refractivity contribution < 1.29 is 61.2 Å². The van der Waals surface area contributed by atoms with Gasteiger partial charge in [-0.05, 0) is 97.1 Å². The van der Waals surface area contributed by atoms with Gasteiger partial charge in [-0.1, -0.05) is 23.7 Å². The summed E-state index contributed by atoms with van der Waals surface area (Å²) in [5.41, 5.74) is 5.10. The molecule has 20 heteroatoms. The molecule has 1 amide bonds. The minimum atomic E-state index is -4.11. The van der Waals surface area contributed by atoms with Crippen LogP contribution in [0.25, 0.3) is 0 Å². The highest BCUT2D eigenvalue weighted by Gasteiger charge is 2.20. The molecule has 0 heterocycles. The number of carboxylic acid groups (broad SMARTS) is 4. The molecule has 0 radical (unpaired) electrons. The summed E-state index contributed by atoms with van der Waals surface area (Å²) in [4.78, 5) is 56.2. The Morgan fingerprint density at radius 3 is 1.53 bits per heavy atom. The van der Waals surface area contributed by atoms with E-state index < -0.39 is 49.8 Å². The minimum absolute atomic E-state index is 0.00718. The SMILES string of the molecule is Nc1cc(S(=O)(=O)Nc2cc(C(=O)O)cc(C(=O)O)c2)ccc1Cl.O=C(O)c1ccc(NS(=O)(=O)c2cccc(C(=O)Nc3cccc(C(=O)O)c3)c2)cc1. The van der Waals surface area contributed by atoms with Gasteiger partial charge in [0.1, 0.15) is 0 Å². The number of halogens is 1. The summed E-state index contributed by atoms with van der Waals surface area (Å²) in [6.07, 6.45) is 0. The number of carbonyl (C=O) groups is 5. The van der Waals surface area contributed by atoms with E-state index in [-0.39, 0.29) is 65.4 Å². The number of amides is 1. The van der Waals surface area contributed by atoms with E-state index in [0.29, 0.717) is 0 Å². The van der Waals surface area contributed by atoms with E-state index in [4.69, 9.17) is 37.8 Å². The number of nitrogens with one attached hydrogen (secondary N) is 3. The van der Waals surface area contributed by atoms with Crippen LogP contribution in [-0.2, 0) is 20.0 Å². The van der Waals surface area contributed by atoms with Gasteiger partial charge in [-0.25, -0.2) is 36.0 Å². The van der Waals surface area contributed by atoms with Gasteiger partial charge in [-0.3, -0.25) is 14.2 Å². The van der Waals surface area contributed by atoms with E-state index in [0.717, 1.165) is 24.3 Å². The van der Waals surface area contributed by atoms with Crippen molar-refractivity contribution in [2.75, 3.05) is 20.5 Å². The molecule has 0 spiro atoms. The third kappa shape index (κ3) is 10.8. The van der Waals surface area contributed by atoms with Crippen molar-refractivity contribution in [2.45, 2.75) is 9.79 Å². The van der Waals surface area contributed by atoms with Crippen molar-refractivity contribution in [1.29, 1.82) is 0 Å². The number of aromatic carboxylic acids is 4. The first-order chi connectivity index (χ1) is 25.7. The van der Waals surface area contributed by atoms with Crippen LogP contribution in [0.3, 0.4) is 0 Å². The number of nitrogens with two attached hydrogens (primary N) is 1. The fourth-order valence-electron chi connectivity index (χ4n) is 4.47. The largest absolute Gasteiger partial charge is 0.478 e. The van der Waals surface area contributed by atoms with Crippen LogP contribution >= 0.6 is 11.6 Å². The highest BCUT2D eigenvalue weighted by molar-refractivity contribution is 7.93. The predicted molar refractivity (Wildman–Crippen MR) is 199 cm³/mol. The third-order valence-corrected chi connectivity index (χ3v) is 10.2. The molecule has 0 atom stereocenters. The number of carboxylic acids is 4. The number of rotatable bonds is 12. The maximum absolute atomic E-state index is 12.6. The summed E-state index contributed by atoms with van der Waals surface area (Å²) >= 11 is 5.73. The molecule has 55 heavy (non-hydrogen) atoms. The van der Waals surface area contributed by atoms with Gasteiger partial charge < -0.3 is 31.5 Å². The zero-order valence-electron chi connectivity index (χ0n) is 27.6. The Morgan fingerprint density at radius 2 is 0.982 bits per heavy atom. The van der Waals surface area contributed by atoms with Gasteiger partial charge in [0.25, 0.3) is 26.0 Å². The standard InChI is InChI=1S/C21H16N2O7S.C14H11ClN2O6S/c24-19(22-17-5-1-4-15(11-17)21(27)28)14-3-2-6-18(12-14)31(29,30)23-16-9-7-13(8-10-16)20(25)26;15-11-2-1-10(6-12(11)16)24(22,23)17-9-4-7(13(18)19)3-8(5-9)14(20)21/h1-12,23H,(H,22,24)(H,25,26)(H,27,28);1-6,17H,16H2,(H,18,19)(H,20,21). The number of hydrogen-bond acceptors (Lipinski definition) is 10. The summed E-state index contributed by atoms with van der Waals surface area (Å²) in [7, 11) is -8.16. The van der Waals surface area contributed by atoms with E-state index in [9.17, 15) is 40.8 Å². The number of sulfonamides is 2. The molecule has 5 aromatic carbocycles. The van der Waals surface area contributed by atoms with Gasteiger partial charge >= 0.3 is 23.9 Å². The average Bonchev–Trinajstić information content (AvgIpc) is 3.12. The highest BCUT2D eigenvalue weighted by atomic mass is 35.5. The summed E-state index contributed by atoms with van der Waals surface area (Å²) in [6.45, 7) is 0. The molecule has 0 aromatic heterocycles. The lowest BCUT2D eigenvalue weighted by atomic mass is 10.1. The van der Waals surface area contributed by atoms with Crippen LogP contribution < -0.4 is 20.5 Å². The van der Waals surface area contributed by atoms with Crippen LogP contribution in [0, 0.1) is 0 Å². The lowest BCUT2D eigenvalue weighted by Gasteiger charge is -2.11. The number of benzene rings is 5. The Morgan fingerprint density at radius 1 is 0.491 bits per heavy atom. The molecule has 0 bridgehead atoms. The Bertz CT molecular complexity index is 2530. The Labute approximate surface area is 316 Å². The van der Waals surface area contributed by atoms with Crippen molar-refractivity contribution in [3.05, 3.63) is 142 Å². The van der Waals surface area contributed by atoms with E-state index >= 15 is 0 Å². The molecular weight excluding hydrogens is 784 g/mol. The smallest absolute Gasteiger partial charge is 0.335 e. The van der Waals surface area contributed by atoms with E-state index in [1.807, 2.05) is 0 Å². The van der Waals surface area contributed by atoms with Crippen LogP contribution in [0.2, 0.25) is 5.02 Å². The minimum Gasteiger partial charge on any atom is -0.478 e. The molecule has 0 saturated heterocycles. The zero-order chi connectivity index (χ0) is 40.7. The van der Waals surface area contributed by atoms with E-state index in [1.165, 1.54) is 84.9 Å². The first-order valence-corrected chi connectivity index (χ1v) is 18.4. The van der Waals surface area contributed by atoms with Gasteiger partial charge in [0.05, 0.1) is 48.4 Å². The first-order valence-electron chi connectivity index (χ1n) is 15.1. The number of nitrogen functional groups attached to an aromatic ring is 1. The molecule has 0 aliphatic carbocycles. The zero-order valence-corrected chi connectivity index (χ0v) is 30.0. The lowest BCUT2D eigenvalue weighted by molar-refractivity contribution is 0.0680. The van der Waals surface area contributed by atoms with Crippen molar-refractivity contribution in [3.63, 3.8) is 0 Å². The van der Waals surface area contributed by atoms with Crippen molar-refractivity contribution in [1.82, 2.24) is 0 Å². The fourth-order valence-corrected chi connectivity index (χ4v) is 6.77. The van der Waals surface area contributed by atoms with Crippen molar-refractivity contribution >= 4 is 84.2 Å². The molecule has 9 N–H and O–H groups in total. The molecule has 0 unspecified atom stereocenters. The number of carbonyl (C=O) groups excluding carboxylic acids is 1. The maximum Gasteiger partial charge on any atom is 0.335 e. The second kappa shape index (κ2) is 16.8. The molecular formula is C35H27ClN4O13S2. The normalized spacial score (nSPS) is 10.9. The summed E-state index contributed by atoms with van der Waals surface area (Å²) < 4.78 is 54.4. The van der Waals surface area contributed by atoms with Crippen LogP contribution in [0.15, 0.2) is 119 Å². The van der Waals surface area contributed by atoms with Crippen molar-refractivity contribution in [2.24, 2.45) is 0 Å². The Kier molecular flexibility index (Phi) is 12.5. The quantitative estimate of drug-likeness (QED) is 0.0747. The lowest BCUT2D eigenvalue weighted by Crippen LogP contribution is -2.16. The maximum atomic E-state index is 12.6. The first kappa shape index (κ1) is 40.8. The summed E-state index contributed by atoms with van der Waals surface area (Å²) in [5, 5.41) is 38.6. The molecule has 0 aliphatic heterocycles. The molecule has 0 fully saturated rings. The molecule has 5 aromatic rings. The van der Waals surface area contributed by atoms with E-state index in [2.05, 4.69) is 14.8 Å². The number of hydrogen-bond donors (Lipinski definition) is 8. The van der Waals surface area contributed by atoms with Gasteiger partial charge in [-0.2, -0.15) is 0 Å². The van der Waals surface area contributed by atoms with Gasteiger partial charge in [0, 0.05) is 16.9 Å². The fraction of sp³-hybridized carbons (Fsp3) is 0. The third-order valence-electron chi connectivity index (χ3n) is 7.11. The summed E-state index contributed by atoms with van der Waals surface area (Å²) in [6, 6.07) is 22.6. The number of anilines is 4. The summed E-state index contributed by atoms with van der Waals surface area (Å²) in [5.74, 6) is -5.69. The highest BCUT2D eigenvalue weighted by Crippen LogP contribution is 2.25. The molecule has 0 saturated carbocycles. The van der Waals surface area contributed by atoms with Crippen LogP contribution in [0.4, 0.5) is 22.7 Å². The molecule has 17 nitrogen and oxygen atoms in total. The molecule has 0 aliphatic rings. The Hall–Kier alpha value is -6.96. The average molecular weight is 811 g/mol. The van der Waals surface area contributed by atoms with Crippen LogP contribution in [0.5, 0.6) is 0 Å². The van der Waals surface area contributed by atoms with Gasteiger partial charge in [0.2, 0.25) is 0 Å². The Balaban J connectivity index is 0.000000253. The van der Waals surface area contributed by atoms with Gasteiger partial charge in [-0.15, -0.1) is 0 Å². The van der Waals surface area contributed by atoms with Crippen molar-refractivity contribution in [3.8, 4) is 0 Å². The monoisotopic (exact) mass is 810 g/mol.